The highest BCUT2D eigenvalue weighted by Crippen LogP contribution is 2.44. The van der Waals surface area contributed by atoms with Crippen molar-refractivity contribution in [3.05, 3.63) is 36.1 Å². The highest BCUT2D eigenvalue weighted by atomic mass is 16.5. The van der Waals surface area contributed by atoms with Gasteiger partial charge in [0.2, 0.25) is 0 Å². The van der Waals surface area contributed by atoms with Crippen LogP contribution in [0.15, 0.2) is 34.9 Å². The number of hydrogen-bond acceptors (Lipinski definition) is 3. The molecule has 1 aromatic heterocycles. The van der Waals surface area contributed by atoms with Crippen LogP contribution >= 0.6 is 0 Å². The molecule has 2 aromatic rings. The second kappa shape index (κ2) is 4.19. The maximum atomic E-state index is 12.9. The summed E-state index contributed by atoms with van der Waals surface area (Å²) < 4.78 is 11.5. The fraction of sp³-hybridized carbons (Fsp3) is 0.471. The van der Waals surface area contributed by atoms with Gasteiger partial charge in [-0.2, -0.15) is 0 Å². The van der Waals surface area contributed by atoms with E-state index in [4.69, 9.17) is 9.15 Å². The first-order chi connectivity index (χ1) is 9.30. The molecule has 0 amide bonds. The fourth-order valence-corrected chi connectivity index (χ4v) is 3.33. The maximum absolute atomic E-state index is 12.9. The number of fused-ring (bicyclic) bond motifs is 1. The standard InChI is InChI=1S/C17H20O3/c1-16(2)9-13(17(3,4)20-16)15(18)12-10-19-14-8-6-5-7-11(12)14/h5-8,10,13H,9H2,1-4H3. The van der Waals surface area contributed by atoms with Crippen molar-refractivity contribution in [2.75, 3.05) is 0 Å². The smallest absolute Gasteiger partial charge is 0.172 e. The predicted octanol–water partition coefficient (Wildman–Crippen LogP) is 4.21. The van der Waals surface area contributed by atoms with E-state index in [2.05, 4.69) is 0 Å². The van der Waals surface area contributed by atoms with Gasteiger partial charge in [0.05, 0.1) is 22.7 Å². The topological polar surface area (TPSA) is 39.4 Å². The van der Waals surface area contributed by atoms with Crippen LogP contribution in [0.4, 0.5) is 0 Å². The molecule has 0 spiro atoms. The minimum Gasteiger partial charge on any atom is -0.464 e. The number of carbonyl (C=O) groups is 1. The van der Waals surface area contributed by atoms with Gasteiger partial charge in [0, 0.05) is 5.39 Å². The molecule has 1 aromatic carbocycles. The number of carbonyl (C=O) groups excluding carboxylic acids is 1. The molecule has 1 aliphatic rings. The van der Waals surface area contributed by atoms with E-state index in [1.54, 1.807) is 6.26 Å². The Bertz CT molecular complexity index is 664. The van der Waals surface area contributed by atoms with Gasteiger partial charge >= 0.3 is 0 Å². The molecule has 3 nitrogen and oxygen atoms in total. The normalized spacial score (nSPS) is 24.1. The molecular formula is C17H20O3. The lowest BCUT2D eigenvalue weighted by molar-refractivity contribution is -0.0712. The SMILES string of the molecule is CC1(C)CC(C(=O)c2coc3ccccc23)C(C)(C)O1. The molecule has 1 atom stereocenters. The van der Waals surface area contributed by atoms with Gasteiger partial charge in [0.1, 0.15) is 11.8 Å². The first kappa shape index (κ1) is 13.4. The van der Waals surface area contributed by atoms with Crippen molar-refractivity contribution in [3.8, 4) is 0 Å². The largest absolute Gasteiger partial charge is 0.464 e. The average molecular weight is 272 g/mol. The van der Waals surface area contributed by atoms with Gasteiger partial charge in [0.25, 0.3) is 0 Å². The Morgan fingerprint density at radius 1 is 1.20 bits per heavy atom. The molecule has 0 N–H and O–H groups in total. The zero-order chi connectivity index (χ0) is 14.5. The molecule has 0 aliphatic carbocycles. The van der Waals surface area contributed by atoms with Crippen LogP contribution in [-0.4, -0.2) is 17.0 Å². The van der Waals surface area contributed by atoms with E-state index in [-0.39, 0.29) is 17.3 Å². The van der Waals surface area contributed by atoms with Crippen LogP contribution < -0.4 is 0 Å². The summed E-state index contributed by atoms with van der Waals surface area (Å²) in [6, 6.07) is 7.65. The molecule has 1 aliphatic heterocycles. The van der Waals surface area contributed by atoms with Gasteiger partial charge in [-0.3, -0.25) is 4.79 Å². The number of para-hydroxylation sites is 1. The lowest BCUT2D eigenvalue weighted by Gasteiger charge is -2.26. The molecule has 0 radical (unpaired) electrons. The lowest BCUT2D eigenvalue weighted by Crippen LogP contribution is -2.33. The lowest BCUT2D eigenvalue weighted by atomic mass is 9.81. The maximum Gasteiger partial charge on any atom is 0.172 e. The molecule has 106 valence electrons. The van der Waals surface area contributed by atoms with E-state index in [0.717, 1.165) is 17.4 Å². The van der Waals surface area contributed by atoms with E-state index in [9.17, 15) is 4.79 Å². The molecule has 2 heterocycles. The second-order valence-electron chi connectivity index (χ2n) is 6.73. The number of rotatable bonds is 2. The first-order valence-corrected chi connectivity index (χ1v) is 7.01. The van der Waals surface area contributed by atoms with E-state index in [1.165, 1.54) is 0 Å². The number of furan rings is 1. The van der Waals surface area contributed by atoms with Crippen molar-refractivity contribution in [3.63, 3.8) is 0 Å². The molecule has 3 rings (SSSR count). The molecular weight excluding hydrogens is 252 g/mol. The Morgan fingerprint density at radius 3 is 2.55 bits per heavy atom. The summed E-state index contributed by atoms with van der Waals surface area (Å²) in [5.41, 5.74) is 0.717. The van der Waals surface area contributed by atoms with Crippen LogP contribution in [0.5, 0.6) is 0 Å². The van der Waals surface area contributed by atoms with Crippen LogP contribution in [0.2, 0.25) is 0 Å². The van der Waals surface area contributed by atoms with E-state index < -0.39 is 5.60 Å². The summed E-state index contributed by atoms with van der Waals surface area (Å²) in [6.07, 6.45) is 2.31. The van der Waals surface area contributed by atoms with E-state index >= 15 is 0 Å². The molecule has 3 heteroatoms. The third-order valence-electron chi connectivity index (χ3n) is 4.14. The minimum absolute atomic E-state index is 0.116. The number of hydrogen-bond donors (Lipinski definition) is 0. The number of benzene rings is 1. The third kappa shape index (κ3) is 2.06. The van der Waals surface area contributed by atoms with E-state index in [1.807, 2.05) is 52.0 Å². The van der Waals surface area contributed by atoms with Crippen molar-refractivity contribution in [1.29, 1.82) is 0 Å². The summed E-state index contributed by atoms with van der Waals surface area (Å²) in [5.74, 6) is -0.0240. The Hall–Kier alpha value is -1.61. The molecule has 0 bridgehead atoms. The van der Waals surface area contributed by atoms with Gasteiger partial charge in [-0.25, -0.2) is 0 Å². The second-order valence-corrected chi connectivity index (χ2v) is 6.73. The van der Waals surface area contributed by atoms with Crippen LogP contribution in [0, 0.1) is 5.92 Å². The zero-order valence-corrected chi connectivity index (χ0v) is 12.4. The Balaban J connectivity index is 2.01. The van der Waals surface area contributed by atoms with Crippen molar-refractivity contribution < 1.29 is 13.9 Å². The average Bonchev–Trinajstić information content (AvgIpc) is 2.86. The quantitative estimate of drug-likeness (QED) is 0.769. The summed E-state index contributed by atoms with van der Waals surface area (Å²) in [7, 11) is 0. The Morgan fingerprint density at radius 2 is 1.90 bits per heavy atom. The molecule has 1 fully saturated rings. The summed E-state index contributed by atoms with van der Waals surface area (Å²) in [6.45, 7) is 8.06. The summed E-state index contributed by atoms with van der Waals surface area (Å²) in [4.78, 5) is 12.9. The zero-order valence-electron chi connectivity index (χ0n) is 12.4. The molecule has 20 heavy (non-hydrogen) atoms. The highest BCUT2D eigenvalue weighted by molar-refractivity contribution is 6.08. The molecule has 1 unspecified atom stereocenters. The van der Waals surface area contributed by atoms with Gasteiger partial charge in [-0.1, -0.05) is 18.2 Å². The van der Waals surface area contributed by atoms with Crippen LogP contribution in [0.3, 0.4) is 0 Å². The van der Waals surface area contributed by atoms with Crippen molar-refractivity contribution in [1.82, 2.24) is 0 Å². The molecule has 0 saturated carbocycles. The summed E-state index contributed by atoms with van der Waals surface area (Å²) >= 11 is 0. The van der Waals surface area contributed by atoms with Crippen LogP contribution in [0.1, 0.15) is 44.5 Å². The van der Waals surface area contributed by atoms with E-state index in [0.29, 0.717) is 5.56 Å². The van der Waals surface area contributed by atoms with Gasteiger partial charge < -0.3 is 9.15 Å². The third-order valence-corrected chi connectivity index (χ3v) is 4.14. The minimum atomic E-state index is -0.445. The van der Waals surface area contributed by atoms with Crippen molar-refractivity contribution in [2.45, 2.75) is 45.3 Å². The summed E-state index contributed by atoms with van der Waals surface area (Å²) in [5, 5.41) is 0.887. The van der Waals surface area contributed by atoms with Gasteiger partial charge in [-0.05, 0) is 40.2 Å². The van der Waals surface area contributed by atoms with Crippen molar-refractivity contribution >= 4 is 16.8 Å². The Labute approximate surface area is 118 Å². The van der Waals surface area contributed by atoms with Crippen molar-refractivity contribution in [2.24, 2.45) is 5.92 Å². The number of ketones is 1. The van der Waals surface area contributed by atoms with Gasteiger partial charge in [0.15, 0.2) is 5.78 Å². The fourth-order valence-electron chi connectivity index (χ4n) is 3.33. The first-order valence-electron chi connectivity index (χ1n) is 7.01. The van der Waals surface area contributed by atoms with Crippen LogP contribution in [0.25, 0.3) is 11.0 Å². The number of ether oxygens (including phenoxy) is 1. The van der Waals surface area contributed by atoms with Gasteiger partial charge in [-0.15, -0.1) is 0 Å². The highest BCUT2D eigenvalue weighted by Gasteiger charge is 2.49. The predicted molar refractivity (Wildman–Crippen MR) is 77.9 cm³/mol. The monoisotopic (exact) mass is 272 g/mol. The number of Topliss-reactive ketones (excluding diaryl/α,β-unsaturated/α-hetero) is 1. The Kier molecular flexibility index (Phi) is 2.80. The van der Waals surface area contributed by atoms with Crippen LogP contribution in [-0.2, 0) is 4.74 Å². The molecule has 1 saturated heterocycles.